The van der Waals surface area contributed by atoms with Gasteiger partial charge in [-0.1, -0.05) is 19.1 Å². The lowest BCUT2D eigenvalue weighted by Gasteiger charge is -2.28. The Kier molecular flexibility index (Phi) is 5.32. The van der Waals surface area contributed by atoms with Gasteiger partial charge >= 0.3 is 0 Å². The average Bonchev–Trinajstić information content (AvgIpc) is 2.35. The van der Waals surface area contributed by atoms with Crippen LogP contribution in [0.2, 0.25) is 0 Å². The van der Waals surface area contributed by atoms with Gasteiger partial charge in [0.1, 0.15) is 0 Å². The first-order chi connectivity index (χ1) is 9.11. The highest BCUT2D eigenvalue weighted by molar-refractivity contribution is 7.89. The molecule has 0 aliphatic heterocycles. The van der Waals surface area contributed by atoms with Gasteiger partial charge in [-0.3, -0.25) is 0 Å². The Labute approximate surface area is 121 Å². The fourth-order valence-electron chi connectivity index (χ4n) is 1.99. The van der Waals surface area contributed by atoms with Crippen molar-refractivity contribution in [1.29, 1.82) is 0 Å². The average molecular weight is 300 g/mol. The van der Waals surface area contributed by atoms with Crippen molar-refractivity contribution in [2.45, 2.75) is 44.7 Å². The topological polar surface area (TPSA) is 83.6 Å². The molecule has 0 radical (unpaired) electrons. The summed E-state index contributed by atoms with van der Waals surface area (Å²) >= 11 is 0. The molecule has 6 heteroatoms. The molecule has 0 aliphatic carbocycles. The van der Waals surface area contributed by atoms with Crippen molar-refractivity contribution in [3.63, 3.8) is 0 Å². The van der Waals surface area contributed by atoms with E-state index in [4.69, 9.17) is 5.73 Å². The van der Waals surface area contributed by atoms with E-state index in [9.17, 15) is 13.5 Å². The van der Waals surface area contributed by atoms with Gasteiger partial charge in [0.25, 0.3) is 0 Å². The number of rotatable bonds is 6. The Balaban J connectivity index is 3.27. The third kappa shape index (κ3) is 4.02. The highest BCUT2D eigenvalue weighted by Gasteiger charge is 2.29. The van der Waals surface area contributed by atoms with E-state index in [1.807, 2.05) is 6.07 Å². The predicted molar refractivity (Wildman–Crippen MR) is 79.8 cm³/mol. The lowest BCUT2D eigenvalue weighted by molar-refractivity contribution is 0.0601. The van der Waals surface area contributed by atoms with E-state index < -0.39 is 15.6 Å². The highest BCUT2D eigenvalue weighted by Crippen LogP contribution is 2.22. The van der Waals surface area contributed by atoms with Crippen LogP contribution in [0.25, 0.3) is 0 Å². The summed E-state index contributed by atoms with van der Waals surface area (Å²) in [7, 11) is -3.63. The number of benzene rings is 1. The van der Waals surface area contributed by atoms with Crippen LogP contribution < -0.4 is 5.73 Å². The molecule has 1 rings (SSSR count). The summed E-state index contributed by atoms with van der Waals surface area (Å²) in [5.74, 6) is 0. The molecule has 0 aromatic heterocycles. The highest BCUT2D eigenvalue weighted by atomic mass is 32.2. The van der Waals surface area contributed by atoms with Gasteiger partial charge in [0, 0.05) is 19.6 Å². The fourth-order valence-corrected chi connectivity index (χ4v) is 3.87. The molecule has 0 spiro atoms. The Morgan fingerprint density at radius 3 is 2.40 bits per heavy atom. The van der Waals surface area contributed by atoms with E-state index in [-0.39, 0.29) is 11.4 Å². The normalized spacial score (nSPS) is 12.9. The molecule has 0 saturated carbocycles. The molecule has 0 unspecified atom stereocenters. The summed E-state index contributed by atoms with van der Waals surface area (Å²) < 4.78 is 26.7. The molecule has 0 heterocycles. The van der Waals surface area contributed by atoms with Crippen LogP contribution in [0.5, 0.6) is 0 Å². The molecular weight excluding hydrogens is 276 g/mol. The van der Waals surface area contributed by atoms with Gasteiger partial charge in [0.05, 0.1) is 10.5 Å². The van der Waals surface area contributed by atoms with Crippen LogP contribution in [0.4, 0.5) is 0 Å². The summed E-state index contributed by atoms with van der Waals surface area (Å²) in [6.45, 7) is 7.34. The summed E-state index contributed by atoms with van der Waals surface area (Å²) in [5, 5.41) is 9.87. The van der Waals surface area contributed by atoms with E-state index in [0.717, 1.165) is 5.56 Å². The van der Waals surface area contributed by atoms with E-state index in [2.05, 4.69) is 0 Å². The Morgan fingerprint density at radius 1 is 1.35 bits per heavy atom. The molecule has 5 nitrogen and oxygen atoms in total. The largest absolute Gasteiger partial charge is 0.389 e. The molecule has 114 valence electrons. The zero-order valence-electron chi connectivity index (χ0n) is 12.5. The van der Waals surface area contributed by atoms with Crippen LogP contribution in [0.3, 0.4) is 0 Å². The van der Waals surface area contributed by atoms with Crippen LogP contribution in [0.15, 0.2) is 23.1 Å². The smallest absolute Gasteiger partial charge is 0.243 e. The van der Waals surface area contributed by atoms with Crippen molar-refractivity contribution < 1.29 is 13.5 Å². The molecule has 0 bridgehead atoms. The lowest BCUT2D eigenvalue weighted by atomic mass is 10.1. The van der Waals surface area contributed by atoms with Gasteiger partial charge in [-0.2, -0.15) is 4.31 Å². The monoisotopic (exact) mass is 300 g/mol. The maximum atomic E-state index is 12.7. The molecular formula is C14H24N2O3S. The zero-order chi connectivity index (χ0) is 15.6. The number of likely N-dealkylation sites (N-methyl/N-ethyl adjacent to an activating group) is 1. The zero-order valence-corrected chi connectivity index (χ0v) is 13.4. The number of aliphatic hydroxyl groups is 1. The number of sulfonamides is 1. The Hall–Kier alpha value is -0.950. The number of aryl methyl sites for hydroxylation is 1. The predicted octanol–water partition coefficient (Wildman–Crippen LogP) is 1.24. The standard InChI is InChI=1S/C14H24N2O3S/c1-5-16(10-14(3,4)17)20(18,19)13-8-12(9-15)7-6-11(13)2/h6-8,17H,5,9-10,15H2,1-4H3. The van der Waals surface area contributed by atoms with Crippen molar-refractivity contribution in [1.82, 2.24) is 4.31 Å². The molecule has 0 saturated heterocycles. The second kappa shape index (κ2) is 6.22. The first kappa shape index (κ1) is 17.1. The minimum absolute atomic E-state index is 0.0537. The quantitative estimate of drug-likeness (QED) is 0.828. The van der Waals surface area contributed by atoms with E-state index in [0.29, 0.717) is 18.7 Å². The number of hydrogen-bond acceptors (Lipinski definition) is 4. The third-order valence-corrected chi connectivity index (χ3v) is 5.08. The molecule has 0 aliphatic rings. The molecule has 3 N–H and O–H groups in total. The van der Waals surface area contributed by atoms with Crippen LogP contribution in [0.1, 0.15) is 31.9 Å². The van der Waals surface area contributed by atoms with E-state index in [1.54, 1.807) is 39.8 Å². The molecule has 1 aromatic carbocycles. The van der Waals surface area contributed by atoms with Crippen LogP contribution in [0, 0.1) is 6.92 Å². The lowest BCUT2D eigenvalue weighted by Crippen LogP contribution is -2.42. The third-order valence-electron chi connectivity index (χ3n) is 3.02. The second-order valence-electron chi connectivity index (χ2n) is 5.55. The summed E-state index contributed by atoms with van der Waals surface area (Å²) in [6, 6.07) is 5.19. The van der Waals surface area contributed by atoms with Gasteiger partial charge in [-0.15, -0.1) is 0 Å². The Bertz CT molecular complexity index is 562. The molecule has 1 aromatic rings. The van der Waals surface area contributed by atoms with Gasteiger partial charge in [0.2, 0.25) is 10.0 Å². The number of hydrogen-bond donors (Lipinski definition) is 2. The van der Waals surface area contributed by atoms with Crippen LogP contribution in [-0.4, -0.2) is 36.5 Å². The summed E-state index contributed by atoms with van der Waals surface area (Å²) in [6.07, 6.45) is 0. The van der Waals surface area contributed by atoms with Crippen LogP contribution in [-0.2, 0) is 16.6 Å². The van der Waals surface area contributed by atoms with Gasteiger partial charge in [0.15, 0.2) is 0 Å². The number of nitrogens with zero attached hydrogens (tertiary/aromatic N) is 1. The van der Waals surface area contributed by atoms with Crippen molar-refractivity contribution in [2.24, 2.45) is 5.73 Å². The summed E-state index contributed by atoms with van der Waals surface area (Å²) in [4.78, 5) is 0.256. The first-order valence-electron chi connectivity index (χ1n) is 6.64. The minimum Gasteiger partial charge on any atom is -0.389 e. The second-order valence-corrected chi connectivity index (χ2v) is 7.45. The number of nitrogens with two attached hydrogens (primary N) is 1. The van der Waals surface area contributed by atoms with Crippen molar-refractivity contribution in [3.05, 3.63) is 29.3 Å². The van der Waals surface area contributed by atoms with Gasteiger partial charge in [-0.25, -0.2) is 8.42 Å². The van der Waals surface area contributed by atoms with Crippen molar-refractivity contribution in [3.8, 4) is 0 Å². The van der Waals surface area contributed by atoms with Gasteiger partial charge < -0.3 is 10.8 Å². The first-order valence-corrected chi connectivity index (χ1v) is 8.08. The van der Waals surface area contributed by atoms with Gasteiger partial charge in [-0.05, 0) is 38.0 Å². The van der Waals surface area contributed by atoms with E-state index in [1.165, 1.54) is 4.31 Å². The Morgan fingerprint density at radius 2 is 1.95 bits per heavy atom. The molecule has 0 amide bonds. The fraction of sp³-hybridized carbons (Fsp3) is 0.571. The molecule has 0 atom stereocenters. The molecule has 20 heavy (non-hydrogen) atoms. The SMILES string of the molecule is CCN(CC(C)(C)O)S(=O)(=O)c1cc(CN)ccc1C. The minimum atomic E-state index is -3.63. The van der Waals surface area contributed by atoms with Crippen LogP contribution >= 0.6 is 0 Å². The maximum absolute atomic E-state index is 12.7. The van der Waals surface area contributed by atoms with Crippen molar-refractivity contribution >= 4 is 10.0 Å². The molecule has 0 fully saturated rings. The maximum Gasteiger partial charge on any atom is 0.243 e. The van der Waals surface area contributed by atoms with Crippen molar-refractivity contribution in [2.75, 3.05) is 13.1 Å². The summed E-state index contributed by atoms with van der Waals surface area (Å²) in [5.41, 5.74) is 5.94. The van der Waals surface area contributed by atoms with E-state index >= 15 is 0 Å².